The number of allylic oxidation sites excluding steroid dienone is 2. The highest BCUT2D eigenvalue weighted by molar-refractivity contribution is 7.47. The molecule has 0 bridgehead atoms. The van der Waals surface area contributed by atoms with Crippen LogP contribution in [0.4, 0.5) is 0 Å². The van der Waals surface area contributed by atoms with Crippen LogP contribution in [0.2, 0.25) is 0 Å². The van der Waals surface area contributed by atoms with Gasteiger partial charge in [-0.3, -0.25) is 18.6 Å². The standard InChI is InChI=1S/C52H102NO8P/c1-3-5-7-9-11-13-15-17-19-21-23-24-25-26-27-29-31-33-35-37-39-41-43-45-52(56)59-48-50(54)49-61-62(57,58)60-47-46-53-51(55)44-42-40-38-36-34-32-30-28-22-20-18-16-14-12-10-8-6-4-2/h17,19,50,54H,3-16,18,20-49H2,1-2H3,(H,53,55)(H,57,58)/b19-17+. The molecule has 9 nitrogen and oxygen atoms in total. The second-order valence-corrected chi connectivity index (χ2v) is 19.7. The number of esters is 1. The molecule has 10 heteroatoms. The number of carbonyl (C=O) groups excluding carboxylic acids is 2. The number of aliphatic hydroxyl groups excluding tert-OH is 1. The maximum Gasteiger partial charge on any atom is 0.472 e. The van der Waals surface area contributed by atoms with Crippen LogP contribution in [-0.2, 0) is 27.9 Å². The number of carbonyl (C=O) groups is 2. The SMILES string of the molecule is CCCCCCCC/C=C/CCCCCCCCCCCCCCCC(=O)OCC(O)COP(=O)(O)OCCNC(=O)CCCCCCCCCCCCCCCCCCCC. The monoisotopic (exact) mass is 900 g/mol. The van der Waals surface area contributed by atoms with Crippen molar-refractivity contribution in [3.05, 3.63) is 12.2 Å². The summed E-state index contributed by atoms with van der Waals surface area (Å²) in [5.41, 5.74) is 0. The van der Waals surface area contributed by atoms with Gasteiger partial charge in [0.2, 0.25) is 5.91 Å². The van der Waals surface area contributed by atoms with Crippen LogP contribution in [-0.4, -0.2) is 54.3 Å². The van der Waals surface area contributed by atoms with E-state index in [1.165, 1.54) is 212 Å². The number of phosphoric acid groups is 1. The molecule has 0 rings (SSSR count). The first kappa shape index (κ1) is 60.8. The fourth-order valence-electron chi connectivity index (χ4n) is 7.91. The van der Waals surface area contributed by atoms with Gasteiger partial charge in [-0.2, -0.15) is 0 Å². The summed E-state index contributed by atoms with van der Waals surface area (Å²) in [7, 11) is -4.42. The lowest BCUT2D eigenvalue weighted by atomic mass is 10.0. The molecule has 2 unspecified atom stereocenters. The van der Waals surface area contributed by atoms with Crippen LogP contribution in [0.3, 0.4) is 0 Å². The van der Waals surface area contributed by atoms with Crippen LogP contribution in [0.1, 0.15) is 277 Å². The van der Waals surface area contributed by atoms with E-state index in [0.29, 0.717) is 6.42 Å². The molecule has 0 aromatic rings. The topological polar surface area (TPSA) is 131 Å². The summed E-state index contributed by atoms with van der Waals surface area (Å²) < 4.78 is 27.0. The Kier molecular flexibility index (Phi) is 48.2. The van der Waals surface area contributed by atoms with Gasteiger partial charge in [0.1, 0.15) is 12.7 Å². The van der Waals surface area contributed by atoms with E-state index in [1.54, 1.807) is 0 Å². The first-order valence-electron chi connectivity index (χ1n) is 26.7. The Morgan fingerprint density at radius 3 is 1.21 bits per heavy atom. The maximum atomic E-state index is 12.2. The van der Waals surface area contributed by atoms with Crippen LogP contribution in [0, 0.1) is 0 Å². The maximum absolute atomic E-state index is 12.2. The minimum absolute atomic E-state index is 0.0874. The zero-order chi connectivity index (χ0) is 45.3. The van der Waals surface area contributed by atoms with Gasteiger partial charge in [0.05, 0.1) is 13.2 Å². The molecule has 0 aliphatic carbocycles. The van der Waals surface area contributed by atoms with Crippen LogP contribution in [0.5, 0.6) is 0 Å². The van der Waals surface area contributed by atoms with Crippen molar-refractivity contribution in [2.45, 2.75) is 283 Å². The van der Waals surface area contributed by atoms with E-state index in [1.807, 2.05) is 0 Å². The van der Waals surface area contributed by atoms with Gasteiger partial charge in [0, 0.05) is 19.4 Å². The largest absolute Gasteiger partial charge is 0.472 e. The first-order valence-corrected chi connectivity index (χ1v) is 28.2. The van der Waals surface area contributed by atoms with E-state index >= 15 is 0 Å². The third-order valence-electron chi connectivity index (χ3n) is 11.9. The quantitative estimate of drug-likeness (QED) is 0.0238. The molecule has 2 atom stereocenters. The highest BCUT2D eigenvalue weighted by atomic mass is 31.2. The molecule has 0 radical (unpaired) electrons. The number of unbranched alkanes of at least 4 members (excludes halogenated alkanes) is 36. The highest BCUT2D eigenvalue weighted by Gasteiger charge is 2.23. The predicted molar refractivity (Wildman–Crippen MR) is 261 cm³/mol. The van der Waals surface area contributed by atoms with Crippen molar-refractivity contribution >= 4 is 19.7 Å². The van der Waals surface area contributed by atoms with Crippen molar-refractivity contribution in [1.29, 1.82) is 0 Å². The van der Waals surface area contributed by atoms with Crippen LogP contribution in [0.15, 0.2) is 12.2 Å². The van der Waals surface area contributed by atoms with Crippen LogP contribution >= 0.6 is 7.82 Å². The summed E-state index contributed by atoms with van der Waals surface area (Å²) in [6.07, 6.45) is 54.4. The summed E-state index contributed by atoms with van der Waals surface area (Å²) in [6.45, 7) is 3.61. The lowest BCUT2D eigenvalue weighted by Gasteiger charge is -2.15. The number of phosphoric ester groups is 1. The van der Waals surface area contributed by atoms with Gasteiger partial charge in [-0.25, -0.2) is 4.57 Å². The van der Waals surface area contributed by atoms with E-state index in [9.17, 15) is 24.2 Å². The van der Waals surface area contributed by atoms with Gasteiger partial charge in [-0.1, -0.05) is 238 Å². The normalized spacial score (nSPS) is 13.2. The fraction of sp³-hybridized carbons (Fsp3) is 0.923. The summed E-state index contributed by atoms with van der Waals surface area (Å²) in [5, 5.41) is 12.8. The Balaban J connectivity index is 3.50. The third-order valence-corrected chi connectivity index (χ3v) is 12.9. The third kappa shape index (κ3) is 49.8. The van der Waals surface area contributed by atoms with E-state index < -0.39 is 26.5 Å². The Morgan fingerprint density at radius 1 is 0.484 bits per heavy atom. The molecule has 0 aromatic carbocycles. The Bertz CT molecular complexity index is 1030. The van der Waals surface area contributed by atoms with Gasteiger partial charge in [0.15, 0.2) is 0 Å². The number of amides is 1. The highest BCUT2D eigenvalue weighted by Crippen LogP contribution is 2.42. The summed E-state index contributed by atoms with van der Waals surface area (Å²) in [6, 6.07) is 0. The Hall–Kier alpha value is -1.25. The van der Waals surface area contributed by atoms with Crippen LogP contribution in [0.25, 0.3) is 0 Å². The van der Waals surface area contributed by atoms with Crippen molar-refractivity contribution in [3.63, 3.8) is 0 Å². The zero-order valence-electron chi connectivity index (χ0n) is 40.8. The lowest BCUT2D eigenvalue weighted by Crippen LogP contribution is -2.27. The Labute approximate surface area is 383 Å². The molecule has 0 aromatic heterocycles. The molecule has 0 saturated heterocycles. The average Bonchev–Trinajstić information content (AvgIpc) is 3.26. The van der Waals surface area contributed by atoms with E-state index in [0.717, 1.165) is 38.5 Å². The molecule has 0 heterocycles. The number of hydrogen-bond acceptors (Lipinski definition) is 7. The van der Waals surface area contributed by atoms with Gasteiger partial charge in [-0.15, -0.1) is 0 Å². The summed E-state index contributed by atoms with van der Waals surface area (Å²) in [4.78, 5) is 34.1. The minimum atomic E-state index is -4.42. The van der Waals surface area contributed by atoms with E-state index in [-0.39, 0.29) is 32.1 Å². The van der Waals surface area contributed by atoms with E-state index in [4.69, 9.17) is 13.8 Å². The molecule has 368 valence electrons. The lowest BCUT2D eigenvalue weighted by molar-refractivity contribution is -0.147. The Morgan fingerprint density at radius 2 is 0.823 bits per heavy atom. The molecule has 1 amide bonds. The average molecular weight is 900 g/mol. The molecule has 0 saturated carbocycles. The molecule has 0 aliphatic rings. The van der Waals surface area contributed by atoms with Crippen molar-refractivity contribution in [2.75, 3.05) is 26.4 Å². The smallest absolute Gasteiger partial charge is 0.463 e. The molecule has 0 aliphatic heterocycles. The van der Waals surface area contributed by atoms with E-state index in [2.05, 4.69) is 31.3 Å². The molecular weight excluding hydrogens is 798 g/mol. The molecule has 62 heavy (non-hydrogen) atoms. The molecule has 3 N–H and O–H groups in total. The van der Waals surface area contributed by atoms with Crippen molar-refractivity contribution in [1.82, 2.24) is 5.32 Å². The summed E-state index contributed by atoms with van der Waals surface area (Å²) >= 11 is 0. The second-order valence-electron chi connectivity index (χ2n) is 18.2. The van der Waals surface area contributed by atoms with Gasteiger partial charge < -0.3 is 20.1 Å². The first-order chi connectivity index (χ1) is 30.3. The van der Waals surface area contributed by atoms with Crippen molar-refractivity contribution in [3.8, 4) is 0 Å². The van der Waals surface area contributed by atoms with Gasteiger partial charge in [0.25, 0.3) is 0 Å². The van der Waals surface area contributed by atoms with Gasteiger partial charge >= 0.3 is 13.8 Å². The molecule has 0 fully saturated rings. The number of hydrogen-bond donors (Lipinski definition) is 3. The van der Waals surface area contributed by atoms with Crippen molar-refractivity contribution in [2.24, 2.45) is 0 Å². The van der Waals surface area contributed by atoms with Crippen molar-refractivity contribution < 1.29 is 37.9 Å². The zero-order valence-corrected chi connectivity index (χ0v) is 41.7. The number of rotatable bonds is 51. The number of ether oxygens (including phenoxy) is 1. The fourth-order valence-corrected chi connectivity index (χ4v) is 8.67. The molecular formula is C52H102NO8P. The van der Waals surface area contributed by atoms with Gasteiger partial charge in [-0.05, 0) is 38.5 Å². The number of aliphatic hydroxyl groups is 1. The predicted octanol–water partition coefficient (Wildman–Crippen LogP) is 15.7. The number of nitrogens with one attached hydrogen (secondary N) is 1. The summed E-state index contributed by atoms with van der Waals surface area (Å²) in [5.74, 6) is -0.501. The minimum Gasteiger partial charge on any atom is -0.463 e. The van der Waals surface area contributed by atoms with Crippen LogP contribution < -0.4 is 5.32 Å². The second kappa shape index (κ2) is 49.2. The molecule has 0 spiro atoms.